The molecule has 0 radical (unpaired) electrons. The van der Waals surface area contributed by atoms with Gasteiger partial charge in [-0.25, -0.2) is 0 Å². The van der Waals surface area contributed by atoms with Crippen molar-refractivity contribution in [3.63, 3.8) is 0 Å². The first-order valence-electron chi connectivity index (χ1n) is 6.09. The fourth-order valence-corrected chi connectivity index (χ4v) is 2.44. The molecule has 1 saturated heterocycles. The van der Waals surface area contributed by atoms with E-state index in [1.807, 2.05) is 6.92 Å². The number of carboxylic acid groups (broad SMARTS) is 1. The number of hydrogen-bond donors (Lipinski definition) is 1. The maximum Gasteiger partial charge on any atom is 0.303 e. The number of aliphatic carboxylic acids is 1. The van der Waals surface area contributed by atoms with Gasteiger partial charge in [-0.05, 0) is 45.9 Å². The second kappa shape index (κ2) is 6.21. The third kappa shape index (κ3) is 4.49. The number of carbonyl (C=O) groups is 1. The first-order chi connectivity index (χ1) is 7.49. The molecule has 0 aliphatic carbocycles. The molecule has 0 aromatic rings. The molecule has 0 aromatic heterocycles. The number of piperidine rings is 1. The minimum atomic E-state index is -0.690. The molecule has 0 saturated carbocycles. The fraction of sp³-hybridized carbons (Fsp3) is 0.917. The Kier molecular flexibility index (Phi) is 5.22. The summed E-state index contributed by atoms with van der Waals surface area (Å²) in [4.78, 5) is 15.3. The van der Waals surface area contributed by atoms with Crippen LogP contribution in [0.4, 0.5) is 0 Å². The van der Waals surface area contributed by atoms with Gasteiger partial charge in [0.25, 0.3) is 0 Å². The molecular weight excluding hydrogens is 204 g/mol. The molecule has 1 rings (SSSR count). The Balaban J connectivity index is 2.28. The van der Waals surface area contributed by atoms with Crippen LogP contribution in [-0.4, -0.2) is 60.6 Å². The van der Waals surface area contributed by atoms with E-state index in [2.05, 4.69) is 23.9 Å². The van der Waals surface area contributed by atoms with Crippen LogP contribution in [0.1, 0.15) is 26.2 Å². The van der Waals surface area contributed by atoms with Gasteiger partial charge >= 0.3 is 5.97 Å². The Bertz CT molecular complexity index is 225. The summed E-state index contributed by atoms with van der Waals surface area (Å²) in [7, 11) is 4.28. The molecule has 0 amide bonds. The molecule has 1 N–H and O–H groups in total. The normalized spacial score (nSPS) is 21.2. The molecule has 1 heterocycles. The number of likely N-dealkylation sites (tertiary alicyclic amines) is 1. The van der Waals surface area contributed by atoms with Crippen molar-refractivity contribution >= 4 is 5.97 Å². The van der Waals surface area contributed by atoms with Gasteiger partial charge in [-0.2, -0.15) is 0 Å². The van der Waals surface area contributed by atoms with E-state index >= 15 is 0 Å². The predicted molar refractivity (Wildman–Crippen MR) is 64.6 cm³/mol. The summed E-state index contributed by atoms with van der Waals surface area (Å²) < 4.78 is 0. The molecule has 1 atom stereocenters. The number of rotatable bonds is 5. The SMILES string of the molecule is CC(CC(=O)O)CN(C)C1CCN(C)CC1. The second-order valence-electron chi connectivity index (χ2n) is 5.18. The van der Waals surface area contributed by atoms with Gasteiger partial charge in [0.2, 0.25) is 0 Å². The highest BCUT2D eigenvalue weighted by molar-refractivity contribution is 5.66. The maximum absolute atomic E-state index is 10.6. The Morgan fingerprint density at radius 1 is 1.50 bits per heavy atom. The number of hydrogen-bond acceptors (Lipinski definition) is 3. The zero-order valence-corrected chi connectivity index (χ0v) is 10.6. The highest BCUT2D eigenvalue weighted by atomic mass is 16.4. The zero-order valence-electron chi connectivity index (χ0n) is 10.6. The average Bonchev–Trinajstić information content (AvgIpc) is 2.16. The van der Waals surface area contributed by atoms with Crippen LogP contribution in [0.3, 0.4) is 0 Å². The van der Waals surface area contributed by atoms with E-state index in [1.165, 1.54) is 12.8 Å². The van der Waals surface area contributed by atoms with Crippen LogP contribution in [0.25, 0.3) is 0 Å². The first-order valence-corrected chi connectivity index (χ1v) is 6.09. The van der Waals surface area contributed by atoms with Crippen molar-refractivity contribution in [2.24, 2.45) is 5.92 Å². The van der Waals surface area contributed by atoms with Crippen LogP contribution in [0, 0.1) is 5.92 Å². The van der Waals surface area contributed by atoms with E-state index in [0.717, 1.165) is 19.6 Å². The molecule has 16 heavy (non-hydrogen) atoms. The third-order valence-electron chi connectivity index (χ3n) is 3.43. The van der Waals surface area contributed by atoms with Crippen molar-refractivity contribution < 1.29 is 9.90 Å². The molecule has 4 nitrogen and oxygen atoms in total. The predicted octanol–water partition coefficient (Wildman–Crippen LogP) is 1.12. The van der Waals surface area contributed by atoms with Crippen LogP contribution in [0.5, 0.6) is 0 Å². The standard InChI is InChI=1S/C12H24N2O2/c1-10(8-12(15)16)9-14(3)11-4-6-13(2)7-5-11/h10-11H,4-9H2,1-3H3,(H,15,16). The molecule has 4 heteroatoms. The van der Waals surface area contributed by atoms with E-state index in [0.29, 0.717) is 6.04 Å². The van der Waals surface area contributed by atoms with E-state index in [-0.39, 0.29) is 12.3 Å². The van der Waals surface area contributed by atoms with Crippen molar-refractivity contribution in [3.05, 3.63) is 0 Å². The van der Waals surface area contributed by atoms with Gasteiger partial charge in [0.15, 0.2) is 0 Å². The van der Waals surface area contributed by atoms with Gasteiger partial charge in [-0.15, -0.1) is 0 Å². The van der Waals surface area contributed by atoms with Crippen LogP contribution >= 0.6 is 0 Å². The summed E-state index contributed by atoms with van der Waals surface area (Å²) in [5, 5.41) is 8.72. The summed E-state index contributed by atoms with van der Waals surface area (Å²) >= 11 is 0. The number of nitrogens with zero attached hydrogens (tertiary/aromatic N) is 2. The lowest BCUT2D eigenvalue weighted by Crippen LogP contribution is -2.43. The molecule has 0 bridgehead atoms. The minimum Gasteiger partial charge on any atom is -0.481 e. The average molecular weight is 228 g/mol. The van der Waals surface area contributed by atoms with E-state index in [4.69, 9.17) is 5.11 Å². The van der Waals surface area contributed by atoms with Crippen molar-refractivity contribution in [1.82, 2.24) is 9.80 Å². The van der Waals surface area contributed by atoms with E-state index in [1.54, 1.807) is 0 Å². The maximum atomic E-state index is 10.6. The lowest BCUT2D eigenvalue weighted by molar-refractivity contribution is -0.138. The lowest BCUT2D eigenvalue weighted by Gasteiger charge is -2.36. The molecule has 94 valence electrons. The topological polar surface area (TPSA) is 43.8 Å². The van der Waals surface area contributed by atoms with E-state index in [9.17, 15) is 4.79 Å². The van der Waals surface area contributed by atoms with Gasteiger partial charge in [-0.3, -0.25) is 4.79 Å². The molecule has 1 fully saturated rings. The summed E-state index contributed by atoms with van der Waals surface area (Å²) in [5.74, 6) is -0.452. The lowest BCUT2D eigenvalue weighted by atomic mass is 10.0. The summed E-state index contributed by atoms with van der Waals surface area (Å²) in [6.07, 6.45) is 2.68. The van der Waals surface area contributed by atoms with Crippen molar-refractivity contribution in [2.45, 2.75) is 32.2 Å². The van der Waals surface area contributed by atoms with E-state index < -0.39 is 5.97 Å². The van der Waals surface area contributed by atoms with Crippen LogP contribution < -0.4 is 0 Å². The van der Waals surface area contributed by atoms with Crippen molar-refractivity contribution in [1.29, 1.82) is 0 Å². The molecule has 0 aromatic carbocycles. The molecule has 1 unspecified atom stereocenters. The monoisotopic (exact) mass is 228 g/mol. The Hall–Kier alpha value is -0.610. The van der Waals surface area contributed by atoms with Crippen LogP contribution in [0.2, 0.25) is 0 Å². The molecule has 1 aliphatic heterocycles. The third-order valence-corrected chi connectivity index (χ3v) is 3.43. The summed E-state index contributed by atoms with van der Waals surface area (Å²) in [6.45, 7) is 5.21. The van der Waals surface area contributed by atoms with Gasteiger partial charge in [0.05, 0.1) is 0 Å². The van der Waals surface area contributed by atoms with Gasteiger partial charge < -0.3 is 14.9 Å². The zero-order chi connectivity index (χ0) is 12.1. The molecule has 1 aliphatic rings. The molecule has 0 spiro atoms. The van der Waals surface area contributed by atoms with Crippen LogP contribution in [-0.2, 0) is 4.79 Å². The van der Waals surface area contributed by atoms with Crippen LogP contribution in [0.15, 0.2) is 0 Å². The number of carboxylic acids is 1. The minimum absolute atomic E-state index is 0.238. The van der Waals surface area contributed by atoms with Crippen molar-refractivity contribution in [2.75, 3.05) is 33.7 Å². The highest BCUT2D eigenvalue weighted by Gasteiger charge is 2.22. The summed E-state index contributed by atoms with van der Waals surface area (Å²) in [6, 6.07) is 0.632. The van der Waals surface area contributed by atoms with Gasteiger partial charge in [0.1, 0.15) is 0 Å². The molecular formula is C12H24N2O2. The largest absolute Gasteiger partial charge is 0.481 e. The Labute approximate surface area is 98.2 Å². The van der Waals surface area contributed by atoms with Gasteiger partial charge in [0, 0.05) is 19.0 Å². The summed E-state index contributed by atoms with van der Waals surface area (Å²) in [5.41, 5.74) is 0. The Morgan fingerprint density at radius 2 is 2.06 bits per heavy atom. The van der Waals surface area contributed by atoms with Gasteiger partial charge in [-0.1, -0.05) is 6.92 Å². The highest BCUT2D eigenvalue weighted by Crippen LogP contribution is 2.16. The first kappa shape index (κ1) is 13.5. The van der Waals surface area contributed by atoms with Crippen molar-refractivity contribution in [3.8, 4) is 0 Å². The second-order valence-corrected chi connectivity index (χ2v) is 5.18. The Morgan fingerprint density at radius 3 is 2.56 bits per heavy atom. The fourth-order valence-electron chi connectivity index (χ4n) is 2.44. The smallest absolute Gasteiger partial charge is 0.303 e. The quantitative estimate of drug-likeness (QED) is 0.766.